The van der Waals surface area contributed by atoms with Crippen LogP contribution in [-0.4, -0.2) is 15.0 Å². The van der Waals surface area contributed by atoms with Crippen LogP contribution in [0.3, 0.4) is 0 Å². The maximum Gasteiger partial charge on any atom is 0.227 e. The lowest BCUT2D eigenvalue weighted by Gasteiger charge is -2.08. The molecule has 0 saturated heterocycles. The van der Waals surface area contributed by atoms with Crippen molar-refractivity contribution in [3.05, 3.63) is 65.2 Å². The molecular formula is C15H9Cl2N3. The third-order valence-corrected chi connectivity index (χ3v) is 3.17. The quantitative estimate of drug-likeness (QED) is 0.699. The molecule has 2 aromatic carbocycles. The summed E-state index contributed by atoms with van der Waals surface area (Å²) in [4.78, 5) is 12.1. The van der Waals surface area contributed by atoms with E-state index in [0.717, 1.165) is 16.7 Å². The van der Waals surface area contributed by atoms with Crippen molar-refractivity contribution in [1.29, 1.82) is 0 Å². The van der Waals surface area contributed by atoms with Crippen LogP contribution in [0.5, 0.6) is 0 Å². The van der Waals surface area contributed by atoms with Gasteiger partial charge in [0.25, 0.3) is 0 Å². The Kier molecular flexibility index (Phi) is 3.63. The van der Waals surface area contributed by atoms with Crippen LogP contribution >= 0.6 is 23.2 Å². The summed E-state index contributed by atoms with van der Waals surface area (Å²) in [6.07, 6.45) is 0. The van der Waals surface area contributed by atoms with Crippen LogP contribution in [0.1, 0.15) is 0 Å². The second-order valence-electron chi connectivity index (χ2n) is 4.11. The molecule has 0 N–H and O–H groups in total. The number of rotatable bonds is 2. The molecule has 0 atom stereocenters. The number of nitrogens with zero attached hydrogens (tertiary/aromatic N) is 3. The molecule has 0 fully saturated rings. The largest absolute Gasteiger partial charge is 0.227 e. The van der Waals surface area contributed by atoms with Crippen molar-refractivity contribution in [2.45, 2.75) is 0 Å². The van der Waals surface area contributed by atoms with Gasteiger partial charge in [-0.05, 0) is 34.3 Å². The Labute approximate surface area is 126 Å². The number of halogens is 2. The first-order chi connectivity index (χ1) is 9.74. The van der Waals surface area contributed by atoms with Crippen molar-refractivity contribution in [2.75, 3.05) is 0 Å². The molecule has 0 aliphatic heterocycles. The highest BCUT2D eigenvalue weighted by atomic mass is 35.5. The third-order valence-electron chi connectivity index (χ3n) is 2.83. The molecule has 3 nitrogen and oxygen atoms in total. The fourth-order valence-corrected chi connectivity index (χ4v) is 2.36. The van der Waals surface area contributed by atoms with Gasteiger partial charge in [-0.15, -0.1) is 0 Å². The molecule has 0 radical (unpaired) electrons. The third kappa shape index (κ3) is 2.64. The predicted octanol–water partition coefficient (Wildman–Crippen LogP) is 4.51. The van der Waals surface area contributed by atoms with E-state index < -0.39 is 0 Å². The van der Waals surface area contributed by atoms with Gasteiger partial charge >= 0.3 is 0 Å². The van der Waals surface area contributed by atoms with Gasteiger partial charge in [0, 0.05) is 5.56 Å². The summed E-state index contributed by atoms with van der Waals surface area (Å²) in [5.41, 5.74) is 2.96. The maximum atomic E-state index is 5.85. The predicted molar refractivity (Wildman–Crippen MR) is 80.7 cm³/mol. The topological polar surface area (TPSA) is 38.7 Å². The lowest BCUT2D eigenvalue weighted by molar-refractivity contribution is 1.06. The first kappa shape index (κ1) is 13.0. The highest BCUT2D eigenvalue weighted by molar-refractivity contribution is 6.31. The lowest BCUT2D eigenvalue weighted by atomic mass is 9.99. The molecule has 0 aliphatic carbocycles. The monoisotopic (exact) mass is 301 g/mol. The molecule has 20 heavy (non-hydrogen) atoms. The van der Waals surface area contributed by atoms with Crippen molar-refractivity contribution in [3.63, 3.8) is 0 Å². The summed E-state index contributed by atoms with van der Waals surface area (Å²) in [5, 5.41) is 0.172. The molecule has 98 valence electrons. The minimum atomic E-state index is 0.0860. The first-order valence-electron chi connectivity index (χ1n) is 5.96. The smallest absolute Gasteiger partial charge is 0.198 e. The summed E-state index contributed by atoms with van der Waals surface area (Å²) in [5.74, 6) is 0.467. The van der Waals surface area contributed by atoms with E-state index in [9.17, 15) is 0 Å². The van der Waals surface area contributed by atoms with E-state index in [4.69, 9.17) is 23.2 Å². The average molecular weight is 302 g/mol. The molecule has 0 amide bonds. The summed E-state index contributed by atoms with van der Waals surface area (Å²) in [7, 11) is 0. The molecule has 3 rings (SSSR count). The van der Waals surface area contributed by atoms with E-state index in [2.05, 4.69) is 15.0 Å². The minimum Gasteiger partial charge on any atom is -0.198 e. The number of hydrogen-bond acceptors (Lipinski definition) is 3. The normalized spacial score (nSPS) is 10.5. The van der Waals surface area contributed by atoms with Gasteiger partial charge in [0.2, 0.25) is 10.6 Å². The van der Waals surface area contributed by atoms with Gasteiger partial charge in [-0.1, -0.05) is 54.6 Å². The molecule has 5 heteroatoms. The lowest BCUT2D eigenvalue weighted by Crippen LogP contribution is -1.95. The van der Waals surface area contributed by atoms with Crippen molar-refractivity contribution in [2.24, 2.45) is 0 Å². The Morgan fingerprint density at radius 1 is 0.600 bits per heavy atom. The van der Waals surface area contributed by atoms with Crippen LogP contribution in [0.2, 0.25) is 10.6 Å². The van der Waals surface area contributed by atoms with Crippen LogP contribution in [0.25, 0.3) is 22.5 Å². The number of aromatic nitrogens is 3. The van der Waals surface area contributed by atoms with E-state index in [-0.39, 0.29) is 10.6 Å². The van der Waals surface area contributed by atoms with Gasteiger partial charge in [0.1, 0.15) is 0 Å². The molecule has 0 bridgehead atoms. The first-order valence-corrected chi connectivity index (χ1v) is 6.71. The second kappa shape index (κ2) is 5.57. The van der Waals surface area contributed by atoms with Crippen LogP contribution in [0.4, 0.5) is 0 Å². The van der Waals surface area contributed by atoms with Crippen LogP contribution < -0.4 is 0 Å². The highest BCUT2D eigenvalue weighted by Crippen LogP contribution is 2.30. The van der Waals surface area contributed by atoms with Gasteiger partial charge < -0.3 is 0 Å². The van der Waals surface area contributed by atoms with E-state index in [0.29, 0.717) is 5.82 Å². The van der Waals surface area contributed by atoms with Gasteiger partial charge in [0.15, 0.2) is 5.82 Å². The zero-order valence-corrected chi connectivity index (χ0v) is 11.8. The van der Waals surface area contributed by atoms with Gasteiger partial charge in [-0.25, -0.2) is 0 Å². The Morgan fingerprint density at radius 2 is 1.15 bits per heavy atom. The molecule has 0 saturated carbocycles. The summed E-state index contributed by atoms with van der Waals surface area (Å²) in [6, 6.07) is 17.8. The van der Waals surface area contributed by atoms with Crippen molar-refractivity contribution in [1.82, 2.24) is 15.0 Å². The Bertz CT molecular complexity index is 725. The Morgan fingerprint density at radius 3 is 1.80 bits per heavy atom. The SMILES string of the molecule is Clc1nc(Cl)nc(-c2ccccc2-c2ccccc2)n1. The number of hydrogen-bond donors (Lipinski definition) is 0. The van der Waals surface area contributed by atoms with Gasteiger partial charge in [-0.2, -0.15) is 15.0 Å². The van der Waals surface area contributed by atoms with Gasteiger partial charge in [-0.3, -0.25) is 0 Å². The van der Waals surface area contributed by atoms with Crippen LogP contribution in [-0.2, 0) is 0 Å². The molecule has 1 aromatic heterocycles. The average Bonchev–Trinajstić information content (AvgIpc) is 2.47. The Hall–Kier alpha value is -1.97. The van der Waals surface area contributed by atoms with Crippen molar-refractivity contribution < 1.29 is 0 Å². The summed E-state index contributed by atoms with van der Waals surface area (Å²) in [6.45, 7) is 0. The zero-order chi connectivity index (χ0) is 13.9. The van der Waals surface area contributed by atoms with E-state index in [1.165, 1.54) is 0 Å². The van der Waals surface area contributed by atoms with E-state index in [1.54, 1.807) is 0 Å². The van der Waals surface area contributed by atoms with Crippen LogP contribution in [0, 0.1) is 0 Å². The standard InChI is InChI=1S/C15H9Cl2N3/c16-14-18-13(19-15(17)20-14)12-9-5-4-8-11(12)10-6-2-1-3-7-10/h1-9H. The minimum absolute atomic E-state index is 0.0860. The van der Waals surface area contributed by atoms with Gasteiger partial charge in [0.05, 0.1) is 0 Å². The molecule has 3 aromatic rings. The molecular weight excluding hydrogens is 293 g/mol. The fourth-order valence-electron chi connectivity index (χ4n) is 1.99. The fraction of sp³-hybridized carbons (Fsp3) is 0. The zero-order valence-electron chi connectivity index (χ0n) is 10.3. The van der Waals surface area contributed by atoms with E-state index >= 15 is 0 Å². The summed E-state index contributed by atoms with van der Waals surface area (Å²) < 4.78 is 0. The van der Waals surface area contributed by atoms with Crippen LogP contribution in [0.15, 0.2) is 54.6 Å². The molecule has 0 aliphatic rings. The molecule has 0 unspecified atom stereocenters. The van der Waals surface area contributed by atoms with Crippen molar-refractivity contribution >= 4 is 23.2 Å². The second-order valence-corrected chi connectivity index (χ2v) is 4.78. The van der Waals surface area contributed by atoms with Crippen molar-refractivity contribution in [3.8, 4) is 22.5 Å². The summed E-state index contributed by atoms with van der Waals surface area (Å²) >= 11 is 11.7. The maximum absolute atomic E-state index is 5.85. The molecule has 0 spiro atoms. The Balaban J connectivity index is 2.20. The van der Waals surface area contributed by atoms with E-state index in [1.807, 2.05) is 54.6 Å². The molecule has 1 heterocycles. The highest BCUT2D eigenvalue weighted by Gasteiger charge is 2.11. The number of benzene rings is 2.